The maximum atomic E-state index is 11.4. The average molecular weight is 150 g/mol. The third-order valence-corrected chi connectivity index (χ3v) is 3.40. The SMILES string of the molecule is CC1=C2CC(C(=O)C1)C2(C)C. The highest BCUT2D eigenvalue weighted by Crippen LogP contribution is 2.56. The largest absolute Gasteiger partial charge is 0.299 e. The zero-order chi connectivity index (χ0) is 8.22. The molecular weight excluding hydrogens is 136 g/mol. The predicted molar refractivity (Wildman–Crippen MR) is 44.2 cm³/mol. The van der Waals surface area contributed by atoms with Crippen LogP contribution in [0, 0.1) is 11.3 Å². The predicted octanol–water partition coefficient (Wildman–Crippen LogP) is 2.32. The van der Waals surface area contributed by atoms with Gasteiger partial charge in [-0.1, -0.05) is 25.0 Å². The van der Waals surface area contributed by atoms with E-state index in [1.807, 2.05) is 0 Å². The van der Waals surface area contributed by atoms with Crippen LogP contribution in [0.2, 0.25) is 0 Å². The lowest BCUT2D eigenvalue weighted by Crippen LogP contribution is -2.47. The smallest absolute Gasteiger partial charge is 0.141 e. The fraction of sp³-hybridized carbons (Fsp3) is 0.700. The second-order valence-corrected chi connectivity index (χ2v) is 4.38. The minimum absolute atomic E-state index is 0.208. The molecule has 1 unspecified atom stereocenters. The first-order valence-electron chi connectivity index (χ1n) is 4.25. The molecule has 0 aromatic carbocycles. The van der Waals surface area contributed by atoms with E-state index in [9.17, 15) is 4.79 Å². The molecule has 0 amide bonds. The van der Waals surface area contributed by atoms with Crippen molar-refractivity contribution in [3.05, 3.63) is 11.1 Å². The van der Waals surface area contributed by atoms with Crippen LogP contribution < -0.4 is 0 Å². The van der Waals surface area contributed by atoms with Gasteiger partial charge in [0, 0.05) is 12.3 Å². The molecule has 2 bridgehead atoms. The van der Waals surface area contributed by atoms with E-state index in [0.717, 1.165) is 12.8 Å². The number of hydrogen-bond donors (Lipinski definition) is 0. The van der Waals surface area contributed by atoms with Crippen LogP contribution in [0.1, 0.15) is 33.6 Å². The molecular formula is C10H14O. The lowest BCUT2D eigenvalue weighted by atomic mass is 9.52. The second kappa shape index (κ2) is 1.77. The number of ketones is 1. The highest BCUT2D eigenvalue weighted by Gasteiger charge is 2.50. The molecule has 0 aliphatic heterocycles. The Morgan fingerprint density at radius 2 is 2.09 bits per heavy atom. The average Bonchev–Trinajstić information content (AvgIpc) is 1.84. The van der Waals surface area contributed by atoms with E-state index in [0.29, 0.717) is 11.7 Å². The normalized spacial score (nSPS) is 33.7. The molecule has 0 aromatic heterocycles. The second-order valence-electron chi connectivity index (χ2n) is 4.38. The topological polar surface area (TPSA) is 17.1 Å². The van der Waals surface area contributed by atoms with Gasteiger partial charge in [-0.2, -0.15) is 0 Å². The van der Waals surface area contributed by atoms with Gasteiger partial charge in [0.05, 0.1) is 0 Å². The molecule has 1 atom stereocenters. The van der Waals surface area contributed by atoms with Gasteiger partial charge in [0.2, 0.25) is 0 Å². The van der Waals surface area contributed by atoms with Crippen molar-refractivity contribution in [3.63, 3.8) is 0 Å². The third-order valence-electron chi connectivity index (χ3n) is 3.40. The van der Waals surface area contributed by atoms with Crippen LogP contribution in [0.5, 0.6) is 0 Å². The number of hydrogen-bond acceptors (Lipinski definition) is 1. The summed E-state index contributed by atoms with van der Waals surface area (Å²) in [5, 5.41) is 0. The maximum absolute atomic E-state index is 11.4. The maximum Gasteiger partial charge on any atom is 0.141 e. The monoisotopic (exact) mass is 150 g/mol. The summed E-state index contributed by atoms with van der Waals surface area (Å²) < 4.78 is 0. The first-order valence-corrected chi connectivity index (χ1v) is 4.25. The Labute approximate surface area is 67.5 Å². The summed E-state index contributed by atoms with van der Waals surface area (Å²) in [6.45, 7) is 6.48. The molecule has 3 aliphatic carbocycles. The molecule has 1 saturated carbocycles. The van der Waals surface area contributed by atoms with Crippen LogP contribution >= 0.6 is 0 Å². The van der Waals surface area contributed by atoms with Crippen molar-refractivity contribution in [1.82, 2.24) is 0 Å². The standard InChI is InChI=1S/C10H14O/c1-6-4-9(11)8-5-7(6)10(8,2)3/h8H,4-5H2,1-3H3. The van der Waals surface area contributed by atoms with Crippen LogP contribution in [0.3, 0.4) is 0 Å². The van der Waals surface area contributed by atoms with E-state index >= 15 is 0 Å². The van der Waals surface area contributed by atoms with Gasteiger partial charge in [0.1, 0.15) is 5.78 Å². The number of Topliss-reactive ketones (excluding diaryl/α,β-unsaturated/α-hetero) is 1. The lowest BCUT2D eigenvalue weighted by Gasteiger charge is -2.51. The van der Waals surface area contributed by atoms with Crippen LogP contribution in [0.25, 0.3) is 0 Å². The summed E-state index contributed by atoms with van der Waals surface area (Å²) in [5.74, 6) is 0.809. The molecule has 3 aliphatic rings. The number of carbonyl (C=O) groups is 1. The van der Waals surface area contributed by atoms with Gasteiger partial charge >= 0.3 is 0 Å². The highest BCUT2D eigenvalue weighted by molar-refractivity contribution is 5.89. The zero-order valence-electron chi connectivity index (χ0n) is 7.40. The van der Waals surface area contributed by atoms with Crippen molar-refractivity contribution >= 4 is 5.78 Å². The molecule has 3 rings (SSSR count). The third kappa shape index (κ3) is 0.688. The van der Waals surface area contributed by atoms with Gasteiger partial charge in [-0.25, -0.2) is 0 Å². The molecule has 0 spiro atoms. The van der Waals surface area contributed by atoms with Crippen molar-refractivity contribution < 1.29 is 4.79 Å². The molecule has 0 saturated heterocycles. The Hall–Kier alpha value is -0.590. The van der Waals surface area contributed by atoms with E-state index in [1.165, 1.54) is 5.57 Å². The fourth-order valence-corrected chi connectivity index (χ4v) is 2.53. The Morgan fingerprint density at radius 1 is 1.45 bits per heavy atom. The Morgan fingerprint density at radius 3 is 2.45 bits per heavy atom. The number of fused-ring (bicyclic) bond motifs is 2. The van der Waals surface area contributed by atoms with E-state index < -0.39 is 0 Å². The molecule has 1 nitrogen and oxygen atoms in total. The lowest BCUT2D eigenvalue weighted by molar-refractivity contribution is -0.129. The molecule has 1 fully saturated rings. The summed E-state index contributed by atoms with van der Waals surface area (Å²) >= 11 is 0. The van der Waals surface area contributed by atoms with Crippen LogP contribution in [0.15, 0.2) is 11.1 Å². The fourth-order valence-electron chi connectivity index (χ4n) is 2.53. The molecule has 11 heavy (non-hydrogen) atoms. The van der Waals surface area contributed by atoms with Crippen molar-refractivity contribution in [2.75, 3.05) is 0 Å². The van der Waals surface area contributed by atoms with Gasteiger partial charge in [0.25, 0.3) is 0 Å². The van der Waals surface area contributed by atoms with E-state index in [2.05, 4.69) is 20.8 Å². The highest BCUT2D eigenvalue weighted by atomic mass is 16.1. The number of carbonyl (C=O) groups excluding carboxylic acids is 1. The van der Waals surface area contributed by atoms with Gasteiger partial charge in [-0.05, 0) is 18.8 Å². The summed E-state index contributed by atoms with van der Waals surface area (Å²) in [5.41, 5.74) is 3.09. The van der Waals surface area contributed by atoms with Crippen molar-refractivity contribution in [2.24, 2.45) is 11.3 Å². The molecule has 1 heteroatoms. The van der Waals surface area contributed by atoms with Crippen molar-refractivity contribution in [2.45, 2.75) is 33.6 Å². The number of allylic oxidation sites excluding steroid dienone is 2. The van der Waals surface area contributed by atoms with Gasteiger partial charge < -0.3 is 0 Å². The van der Waals surface area contributed by atoms with Gasteiger partial charge in [-0.15, -0.1) is 0 Å². The van der Waals surface area contributed by atoms with Crippen molar-refractivity contribution in [3.8, 4) is 0 Å². The van der Waals surface area contributed by atoms with E-state index in [-0.39, 0.29) is 5.41 Å². The first-order chi connectivity index (χ1) is 5.03. The summed E-state index contributed by atoms with van der Waals surface area (Å²) in [6.07, 6.45) is 1.78. The zero-order valence-corrected chi connectivity index (χ0v) is 7.40. The molecule has 0 heterocycles. The molecule has 60 valence electrons. The van der Waals surface area contributed by atoms with Crippen molar-refractivity contribution in [1.29, 1.82) is 0 Å². The first kappa shape index (κ1) is 7.08. The number of rotatable bonds is 0. The summed E-state index contributed by atoms with van der Waals surface area (Å²) in [6, 6.07) is 0. The molecule has 0 N–H and O–H groups in total. The molecule has 0 aromatic rings. The minimum atomic E-state index is 0.208. The van der Waals surface area contributed by atoms with Crippen LogP contribution in [0.4, 0.5) is 0 Å². The minimum Gasteiger partial charge on any atom is -0.299 e. The van der Waals surface area contributed by atoms with E-state index in [1.54, 1.807) is 5.57 Å². The van der Waals surface area contributed by atoms with Crippen LogP contribution in [-0.4, -0.2) is 5.78 Å². The Kier molecular flexibility index (Phi) is 1.14. The Bertz CT molecular complexity index is 258. The van der Waals surface area contributed by atoms with Crippen LogP contribution in [-0.2, 0) is 4.79 Å². The quantitative estimate of drug-likeness (QED) is 0.484. The Balaban J connectivity index is 2.47. The summed E-state index contributed by atoms with van der Waals surface area (Å²) in [4.78, 5) is 11.4. The summed E-state index contributed by atoms with van der Waals surface area (Å²) in [7, 11) is 0. The van der Waals surface area contributed by atoms with E-state index in [4.69, 9.17) is 0 Å². The molecule has 0 radical (unpaired) electrons. The van der Waals surface area contributed by atoms with Gasteiger partial charge in [-0.3, -0.25) is 4.79 Å². The van der Waals surface area contributed by atoms with Gasteiger partial charge in [0.15, 0.2) is 0 Å².